The van der Waals surface area contributed by atoms with Gasteiger partial charge in [0.05, 0.1) is 0 Å². The van der Waals surface area contributed by atoms with Crippen LogP contribution in [0.4, 0.5) is 0 Å². The van der Waals surface area contributed by atoms with Gasteiger partial charge in [0.25, 0.3) is 0 Å². The number of carbonyl (C=O) groups is 1. The average Bonchev–Trinajstić information content (AvgIpc) is 1.90. The Balaban J connectivity index is 0. The molecule has 0 aromatic heterocycles. The summed E-state index contributed by atoms with van der Waals surface area (Å²) in [6, 6.07) is 0. The van der Waals surface area contributed by atoms with Crippen molar-refractivity contribution in [2.75, 3.05) is 13.1 Å². The topological polar surface area (TPSA) is 20.3 Å². The van der Waals surface area contributed by atoms with E-state index in [4.69, 9.17) is 34.8 Å². The second kappa shape index (κ2) is 10.3. The Morgan fingerprint density at radius 2 is 1.55 bits per heavy atom. The summed E-state index contributed by atoms with van der Waals surface area (Å²) in [5.41, 5.74) is 0. The standard InChI is InChI=1S/C5H11NO.CHCl3/c1-3-6(4-2)5-7;2-1(3)4/h5H,3-4H2,1-2H3;1H. The Hall–Kier alpha value is 0.340. The van der Waals surface area contributed by atoms with Crippen LogP contribution in [0.2, 0.25) is 0 Å². The lowest BCUT2D eigenvalue weighted by Gasteiger charge is -2.08. The molecule has 0 aliphatic heterocycles. The molecule has 0 aliphatic carbocycles. The third-order valence-electron chi connectivity index (χ3n) is 0.961. The lowest BCUT2D eigenvalue weighted by molar-refractivity contribution is -0.117. The second-order valence-electron chi connectivity index (χ2n) is 1.57. The molecule has 0 bridgehead atoms. The molecule has 0 N–H and O–H groups in total. The van der Waals surface area contributed by atoms with E-state index in [1.807, 2.05) is 13.8 Å². The molecule has 2 nitrogen and oxygen atoms in total. The number of amides is 1. The van der Waals surface area contributed by atoms with Gasteiger partial charge in [0.2, 0.25) is 6.41 Å². The maximum absolute atomic E-state index is 9.89. The summed E-state index contributed by atoms with van der Waals surface area (Å²) in [4.78, 5) is 11.6. The van der Waals surface area contributed by atoms with Crippen molar-refractivity contribution in [1.29, 1.82) is 0 Å². The predicted octanol–water partition coefficient (Wildman–Crippen LogP) is 2.47. The first-order chi connectivity index (χ1) is 5.08. The van der Waals surface area contributed by atoms with Crippen LogP contribution in [0, 0.1) is 0 Å². The molecule has 0 fully saturated rings. The van der Waals surface area contributed by atoms with Gasteiger partial charge in [0.1, 0.15) is 0 Å². The first kappa shape index (κ1) is 13.9. The van der Waals surface area contributed by atoms with Crippen LogP contribution >= 0.6 is 34.8 Å². The summed E-state index contributed by atoms with van der Waals surface area (Å²) < 4.78 is -0.750. The molecule has 0 radical (unpaired) electrons. The van der Waals surface area contributed by atoms with Crippen LogP contribution in [-0.2, 0) is 4.79 Å². The van der Waals surface area contributed by atoms with Crippen LogP contribution in [0.1, 0.15) is 13.8 Å². The van der Waals surface area contributed by atoms with E-state index >= 15 is 0 Å². The van der Waals surface area contributed by atoms with Gasteiger partial charge in [-0.05, 0) is 13.8 Å². The van der Waals surface area contributed by atoms with E-state index in [0.717, 1.165) is 19.5 Å². The highest BCUT2D eigenvalue weighted by molar-refractivity contribution is 6.63. The number of hydrogen-bond acceptors (Lipinski definition) is 1. The van der Waals surface area contributed by atoms with Gasteiger partial charge in [-0.2, -0.15) is 0 Å². The maximum atomic E-state index is 9.89. The molecule has 0 aromatic rings. The molecule has 0 spiro atoms. The fraction of sp³-hybridized carbons (Fsp3) is 0.833. The minimum Gasteiger partial charge on any atom is -0.346 e. The number of alkyl halides is 3. The van der Waals surface area contributed by atoms with Gasteiger partial charge in [-0.25, -0.2) is 0 Å². The van der Waals surface area contributed by atoms with Gasteiger partial charge in [0.15, 0.2) is 4.30 Å². The zero-order valence-electron chi connectivity index (χ0n) is 6.56. The lowest BCUT2D eigenvalue weighted by atomic mass is 10.6. The highest BCUT2D eigenvalue weighted by Crippen LogP contribution is 2.03. The Morgan fingerprint density at radius 3 is 1.55 bits per heavy atom. The van der Waals surface area contributed by atoms with E-state index < -0.39 is 4.30 Å². The van der Waals surface area contributed by atoms with Crippen molar-refractivity contribution in [1.82, 2.24) is 4.90 Å². The summed E-state index contributed by atoms with van der Waals surface area (Å²) in [7, 11) is 0. The molecule has 0 saturated carbocycles. The Bertz CT molecular complexity index is 83.1. The summed E-state index contributed by atoms with van der Waals surface area (Å²) in [6.45, 7) is 5.55. The largest absolute Gasteiger partial charge is 0.346 e. The first-order valence-electron chi connectivity index (χ1n) is 3.20. The third kappa shape index (κ3) is 17.9. The average molecular weight is 221 g/mol. The van der Waals surface area contributed by atoms with Gasteiger partial charge in [-0.3, -0.25) is 4.79 Å². The molecule has 1 amide bonds. The van der Waals surface area contributed by atoms with E-state index in [9.17, 15) is 4.79 Å². The molecular formula is C6H12Cl3NO. The Kier molecular flexibility index (Phi) is 13.1. The molecule has 0 saturated heterocycles. The first-order valence-corrected chi connectivity index (χ1v) is 4.50. The monoisotopic (exact) mass is 219 g/mol. The van der Waals surface area contributed by atoms with Crippen LogP contribution in [0.3, 0.4) is 0 Å². The summed E-state index contributed by atoms with van der Waals surface area (Å²) in [6.07, 6.45) is 0.861. The smallest absolute Gasteiger partial charge is 0.209 e. The van der Waals surface area contributed by atoms with Crippen molar-refractivity contribution >= 4 is 41.2 Å². The molecular weight excluding hydrogens is 208 g/mol. The van der Waals surface area contributed by atoms with Crippen LogP contribution in [0.5, 0.6) is 0 Å². The van der Waals surface area contributed by atoms with Crippen molar-refractivity contribution in [3.63, 3.8) is 0 Å². The molecule has 0 unspecified atom stereocenters. The number of hydrogen-bond donors (Lipinski definition) is 0. The zero-order valence-corrected chi connectivity index (χ0v) is 8.83. The second-order valence-corrected chi connectivity index (χ2v) is 3.55. The number of nitrogens with zero attached hydrogens (tertiary/aromatic N) is 1. The van der Waals surface area contributed by atoms with E-state index in [2.05, 4.69) is 0 Å². The fourth-order valence-corrected chi connectivity index (χ4v) is 0.373. The van der Waals surface area contributed by atoms with E-state index in [0.29, 0.717) is 0 Å². The molecule has 0 heterocycles. The minimum absolute atomic E-state index is 0.750. The molecule has 5 heteroatoms. The number of halogens is 3. The van der Waals surface area contributed by atoms with Crippen LogP contribution in [-0.4, -0.2) is 28.7 Å². The van der Waals surface area contributed by atoms with Crippen molar-refractivity contribution < 1.29 is 4.79 Å². The third-order valence-corrected chi connectivity index (χ3v) is 0.961. The van der Waals surface area contributed by atoms with Crippen molar-refractivity contribution in [3.05, 3.63) is 0 Å². The normalized spacial score (nSPS) is 8.55. The summed E-state index contributed by atoms with van der Waals surface area (Å²) in [5, 5.41) is 0. The van der Waals surface area contributed by atoms with E-state index in [-0.39, 0.29) is 0 Å². The van der Waals surface area contributed by atoms with Gasteiger partial charge in [-0.15, -0.1) is 0 Å². The van der Waals surface area contributed by atoms with Crippen LogP contribution in [0.15, 0.2) is 0 Å². The van der Waals surface area contributed by atoms with Crippen molar-refractivity contribution in [3.8, 4) is 0 Å². The van der Waals surface area contributed by atoms with Crippen LogP contribution < -0.4 is 0 Å². The Morgan fingerprint density at radius 1 is 1.27 bits per heavy atom. The number of rotatable bonds is 3. The highest BCUT2D eigenvalue weighted by Gasteiger charge is 1.87. The van der Waals surface area contributed by atoms with Gasteiger partial charge in [0, 0.05) is 13.1 Å². The molecule has 11 heavy (non-hydrogen) atoms. The molecule has 68 valence electrons. The van der Waals surface area contributed by atoms with Crippen LogP contribution in [0.25, 0.3) is 0 Å². The molecule has 0 aromatic carbocycles. The number of carbonyl (C=O) groups excluding carboxylic acids is 1. The van der Waals surface area contributed by atoms with Crippen molar-refractivity contribution in [2.24, 2.45) is 0 Å². The van der Waals surface area contributed by atoms with Gasteiger partial charge < -0.3 is 4.90 Å². The quantitative estimate of drug-likeness (QED) is 0.529. The zero-order chi connectivity index (χ0) is 9.28. The maximum Gasteiger partial charge on any atom is 0.209 e. The molecule has 0 atom stereocenters. The molecule has 0 aliphatic rings. The summed E-state index contributed by atoms with van der Waals surface area (Å²) in [5.74, 6) is 0. The van der Waals surface area contributed by atoms with Gasteiger partial charge >= 0.3 is 0 Å². The van der Waals surface area contributed by atoms with Crippen molar-refractivity contribution in [2.45, 2.75) is 18.1 Å². The Labute approximate surface area is 82.4 Å². The SMILES string of the molecule is CCN(C=O)CC.ClC(Cl)Cl. The molecule has 0 rings (SSSR count). The lowest BCUT2D eigenvalue weighted by Crippen LogP contribution is -2.19. The predicted molar refractivity (Wildman–Crippen MR) is 50.3 cm³/mol. The highest BCUT2D eigenvalue weighted by atomic mass is 35.6. The summed E-state index contributed by atoms with van der Waals surface area (Å²) >= 11 is 14.4. The minimum atomic E-state index is -0.750. The van der Waals surface area contributed by atoms with E-state index in [1.165, 1.54) is 0 Å². The van der Waals surface area contributed by atoms with E-state index in [1.54, 1.807) is 4.90 Å². The van der Waals surface area contributed by atoms with Gasteiger partial charge in [-0.1, -0.05) is 34.8 Å². The fourth-order valence-electron chi connectivity index (χ4n) is 0.373.